The normalized spacial score (nSPS) is 10.6. The average molecular weight is 323 g/mol. The Morgan fingerprint density at radius 1 is 1.36 bits per heavy atom. The number of carbonyl (C=O) groups excluding carboxylic acids is 1. The van der Waals surface area contributed by atoms with Crippen molar-refractivity contribution < 1.29 is 14.3 Å². The molecule has 0 N–H and O–H groups in total. The number of rotatable bonds is 5. The van der Waals surface area contributed by atoms with Crippen LogP contribution in [0, 0.1) is 13.8 Å². The Bertz CT molecular complexity index is 695. The van der Waals surface area contributed by atoms with Crippen molar-refractivity contribution in [2.24, 2.45) is 7.05 Å². The van der Waals surface area contributed by atoms with Crippen molar-refractivity contribution in [3.8, 4) is 5.75 Å². The second-order valence-electron chi connectivity index (χ2n) is 4.97. The number of benzene rings is 1. The molecule has 0 atom stereocenters. The van der Waals surface area contributed by atoms with E-state index in [2.05, 4.69) is 5.10 Å². The van der Waals surface area contributed by atoms with Gasteiger partial charge < -0.3 is 9.47 Å². The minimum absolute atomic E-state index is 0.101. The first kappa shape index (κ1) is 16.4. The van der Waals surface area contributed by atoms with Gasteiger partial charge in [-0.3, -0.25) is 4.68 Å². The number of halogens is 1. The molecule has 0 saturated heterocycles. The number of hydrogen-bond acceptors (Lipinski definition) is 4. The van der Waals surface area contributed by atoms with Crippen molar-refractivity contribution in [1.29, 1.82) is 0 Å². The van der Waals surface area contributed by atoms with Crippen LogP contribution in [0.4, 0.5) is 0 Å². The van der Waals surface area contributed by atoms with Gasteiger partial charge in [0.25, 0.3) is 0 Å². The second kappa shape index (κ2) is 6.83. The van der Waals surface area contributed by atoms with Gasteiger partial charge >= 0.3 is 5.97 Å². The van der Waals surface area contributed by atoms with E-state index in [4.69, 9.17) is 21.1 Å². The molecule has 1 aromatic heterocycles. The monoisotopic (exact) mass is 322 g/mol. The summed E-state index contributed by atoms with van der Waals surface area (Å²) in [7, 11) is 1.75. The fourth-order valence-electron chi connectivity index (χ4n) is 2.15. The highest BCUT2D eigenvalue weighted by Gasteiger charge is 2.15. The van der Waals surface area contributed by atoms with E-state index in [9.17, 15) is 4.79 Å². The van der Waals surface area contributed by atoms with Crippen LogP contribution in [0.2, 0.25) is 5.15 Å². The summed E-state index contributed by atoms with van der Waals surface area (Å²) in [5.74, 6) is 0.371. The van der Waals surface area contributed by atoms with E-state index in [-0.39, 0.29) is 6.61 Å². The maximum Gasteiger partial charge on any atom is 0.338 e. The molecule has 0 radical (unpaired) electrons. The highest BCUT2D eigenvalue weighted by Crippen LogP contribution is 2.22. The molecule has 0 amide bonds. The number of aryl methyl sites for hydroxylation is 3. The van der Waals surface area contributed by atoms with Gasteiger partial charge in [0.1, 0.15) is 17.5 Å². The van der Waals surface area contributed by atoms with Gasteiger partial charge in [-0.15, -0.1) is 0 Å². The van der Waals surface area contributed by atoms with Crippen LogP contribution in [0.25, 0.3) is 0 Å². The van der Waals surface area contributed by atoms with E-state index >= 15 is 0 Å². The summed E-state index contributed by atoms with van der Waals surface area (Å²) in [6.07, 6.45) is 0. The summed E-state index contributed by atoms with van der Waals surface area (Å²) in [4.78, 5) is 12.1. The molecular formula is C16H19ClN2O3. The smallest absolute Gasteiger partial charge is 0.338 e. The minimum Gasteiger partial charge on any atom is -0.494 e. The maximum absolute atomic E-state index is 12.1. The van der Waals surface area contributed by atoms with E-state index in [1.165, 1.54) is 0 Å². The average Bonchev–Trinajstić information content (AvgIpc) is 2.72. The number of nitrogens with zero attached hydrogens (tertiary/aromatic N) is 2. The maximum atomic E-state index is 12.1. The lowest BCUT2D eigenvalue weighted by atomic mass is 10.1. The summed E-state index contributed by atoms with van der Waals surface area (Å²) in [6, 6.07) is 5.22. The molecule has 22 heavy (non-hydrogen) atoms. The number of ether oxygens (including phenoxy) is 2. The van der Waals surface area contributed by atoms with Crippen LogP contribution in [0.15, 0.2) is 18.2 Å². The standard InChI is InChI=1S/C16H19ClN2O3/c1-5-21-14-7-6-12(8-10(14)2)16(20)22-9-13-11(3)18-19(4)15(13)17/h6-8H,5,9H2,1-4H3. The molecule has 1 aromatic carbocycles. The van der Waals surface area contributed by atoms with Crippen molar-refractivity contribution in [2.75, 3.05) is 6.61 Å². The van der Waals surface area contributed by atoms with Gasteiger partial charge in [0, 0.05) is 12.6 Å². The molecule has 0 saturated carbocycles. The Kier molecular flexibility index (Phi) is 5.08. The highest BCUT2D eigenvalue weighted by molar-refractivity contribution is 6.30. The van der Waals surface area contributed by atoms with E-state index in [1.54, 1.807) is 29.9 Å². The molecule has 0 fully saturated rings. The fourth-order valence-corrected chi connectivity index (χ4v) is 2.38. The number of esters is 1. The van der Waals surface area contributed by atoms with Crippen LogP contribution >= 0.6 is 11.6 Å². The summed E-state index contributed by atoms with van der Waals surface area (Å²) in [5.41, 5.74) is 2.86. The zero-order valence-electron chi connectivity index (χ0n) is 13.1. The molecule has 0 bridgehead atoms. The molecule has 2 rings (SSSR count). The topological polar surface area (TPSA) is 53.4 Å². The molecule has 118 valence electrons. The summed E-state index contributed by atoms with van der Waals surface area (Å²) in [6.45, 7) is 6.33. The number of carbonyl (C=O) groups is 1. The molecular weight excluding hydrogens is 304 g/mol. The lowest BCUT2D eigenvalue weighted by molar-refractivity contribution is 0.0472. The first-order valence-corrected chi connectivity index (χ1v) is 7.40. The predicted molar refractivity (Wildman–Crippen MR) is 84.4 cm³/mol. The highest BCUT2D eigenvalue weighted by atomic mass is 35.5. The van der Waals surface area contributed by atoms with E-state index in [0.29, 0.717) is 17.3 Å². The van der Waals surface area contributed by atoms with E-state index < -0.39 is 5.97 Å². The number of hydrogen-bond donors (Lipinski definition) is 0. The summed E-state index contributed by atoms with van der Waals surface area (Å²) < 4.78 is 12.3. The van der Waals surface area contributed by atoms with Crippen molar-refractivity contribution in [3.05, 3.63) is 45.7 Å². The predicted octanol–water partition coefficient (Wildman–Crippen LogP) is 3.45. The van der Waals surface area contributed by atoms with Crippen LogP contribution < -0.4 is 4.74 Å². The third kappa shape index (κ3) is 3.42. The molecule has 2 aromatic rings. The Labute approximate surface area is 134 Å². The van der Waals surface area contributed by atoms with Gasteiger partial charge in [0.15, 0.2) is 0 Å². The van der Waals surface area contributed by atoms with E-state index in [1.807, 2.05) is 20.8 Å². The Hall–Kier alpha value is -2.01. The van der Waals surface area contributed by atoms with Crippen molar-refractivity contribution in [1.82, 2.24) is 9.78 Å². The van der Waals surface area contributed by atoms with Gasteiger partial charge in [0.05, 0.1) is 17.9 Å². The Balaban J connectivity index is 2.08. The molecule has 0 aliphatic carbocycles. The third-order valence-electron chi connectivity index (χ3n) is 3.33. The lowest BCUT2D eigenvalue weighted by Gasteiger charge is -2.09. The van der Waals surface area contributed by atoms with Crippen LogP contribution in [0.5, 0.6) is 5.75 Å². The quantitative estimate of drug-likeness (QED) is 0.791. The molecule has 0 spiro atoms. The minimum atomic E-state index is -0.398. The summed E-state index contributed by atoms with van der Waals surface area (Å²) in [5, 5.41) is 4.66. The zero-order chi connectivity index (χ0) is 16.3. The van der Waals surface area contributed by atoms with Crippen LogP contribution in [-0.4, -0.2) is 22.4 Å². The Morgan fingerprint density at radius 3 is 2.64 bits per heavy atom. The zero-order valence-corrected chi connectivity index (χ0v) is 13.9. The molecule has 0 aliphatic heterocycles. The van der Waals surface area contributed by atoms with Gasteiger partial charge in [-0.2, -0.15) is 5.10 Å². The molecule has 1 heterocycles. The summed E-state index contributed by atoms with van der Waals surface area (Å²) >= 11 is 6.12. The fraction of sp³-hybridized carbons (Fsp3) is 0.375. The number of aromatic nitrogens is 2. The molecule has 6 heteroatoms. The van der Waals surface area contributed by atoms with E-state index in [0.717, 1.165) is 22.6 Å². The van der Waals surface area contributed by atoms with Gasteiger partial charge in [-0.05, 0) is 44.5 Å². The molecule has 5 nitrogen and oxygen atoms in total. The van der Waals surface area contributed by atoms with Crippen molar-refractivity contribution in [2.45, 2.75) is 27.4 Å². The molecule has 0 aliphatic rings. The van der Waals surface area contributed by atoms with Crippen molar-refractivity contribution in [3.63, 3.8) is 0 Å². The largest absolute Gasteiger partial charge is 0.494 e. The first-order valence-electron chi connectivity index (χ1n) is 7.02. The SMILES string of the molecule is CCOc1ccc(C(=O)OCc2c(C)nn(C)c2Cl)cc1C. The molecule has 0 unspecified atom stereocenters. The van der Waals surface area contributed by atoms with Gasteiger partial charge in [-0.25, -0.2) is 4.79 Å². The third-order valence-corrected chi connectivity index (χ3v) is 3.80. The second-order valence-corrected chi connectivity index (χ2v) is 5.33. The Morgan fingerprint density at radius 2 is 2.09 bits per heavy atom. The van der Waals surface area contributed by atoms with Crippen LogP contribution in [-0.2, 0) is 18.4 Å². The van der Waals surface area contributed by atoms with Crippen LogP contribution in [0.1, 0.15) is 34.1 Å². The van der Waals surface area contributed by atoms with Gasteiger partial charge in [0.2, 0.25) is 0 Å². The van der Waals surface area contributed by atoms with Crippen molar-refractivity contribution >= 4 is 17.6 Å². The first-order chi connectivity index (χ1) is 10.4. The van der Waals surface area contributed by atoms with Gasteiger partial charge in [-0.1, -0.05) is 11.6 Å². The van der Waals surface area contributed by atoms with Crippen LogP contribution in [0.3, 0.4) is 0 Å². The lowest BCUT2D eigenvalue weighted by Crippen LogP contribution is -2.06.